The number of fused-ring (bicyclic) bond motifs is 6. The number of aromatic hydroxyl groups is 1. The third-order valence-corrected chi connectivity index (χ3v) is 5.61. The molecule has 2 heterocycles. The highest BCUT2D eigenvalue weighted by Gasteiger charge is 2.58. The number of allylic oxidation sites excluding steroid dienone is 1. The highest BCUT2D eigenvalue weighted by molar-refractivity contribution is 5.96. The Morgan fingerprint density at radius 1 is 1.20 bits per heavy atom. The fourth-order valence-electron chi connectivity index (χ4n) is 4.30. The van der Waals surface area contributed by atoms with Crippen LogP contribution in [-0.4, -0.2) is 23.1 Å². The van der Waals surface area contributed by atoms with Crippen molar-refractivity contribution in [3.8, 4) is 11.5 Å². The van der Waals surface area contributed by atoms with Gasteiger partial charge in [0.05, 0.1) is 11.5 Å². The monoisotopic (exact) mass is 402 g/mol. The van der Waals surface area contributed by atoms with Gasteiger partial charge in [-0.1, -0.05) is 30.9 Å². The van der Waals surface area contributed by atoms with Gasteiger partial charge < -0.3 is 19.3 Å². The minimum absolute atomic E-state index is 0.0317. The molecule has 0 saturated carbocycles. The van der Waals surface area contributed by atoms with E-state index in [1.807, 2.05) is 18.2 Å². The number of ether oxygens (including phenoxy) is 3. The fraction of sp³-hybridized carbons (Fsp3) is 0.167. The molecule has 0 fully saturated rings. The van der Waals surface area contributed by atoms with Crippen molar-refractivity contribution in [1.82, 2.24) is 0 Å². The largest absolute Gasteiger partial charge is 0.508 e. The molecular weight excluding hydrogens is 384 g/mol. The molecule has 30 heavy (non-hydrogen) atoms. The summed E-state index contributed by atoms with van der Waals surface area (Å²) in [6.07, 6.45) is 4.59. The smallest absolute Gasteiger partial charge is 0.339 e. The lowest BCUT2D eigenvalue weighted by Gasteiger charge is -2.45. The molecule has 0 saturated heterocycles. The number of carbonyl (C=O) groups excluding carboxylic acids is 2. The van der Waals surface area contributed by atoms with Gasteiger partial charge in [-0.25, -0.2) is 9.59 Å². The van der Waals surface area contributed by atoms with E-state index in [0.717, 1.165) is 5.56 Å². The highest BCUT2D eigenvalue weighted by Crippen LogP contribution is 2.56. The predicted octanol–water partition coefficient (Wildman–Crippen LogP) is 3.76. The molecule has 2 aromatic rings. The molecule has 1 spiro atoms. The molecule has 2 aliphatic heterocycles. The van der Waals surface area contributed by atoms with E-state index < -0.39 is 29.6 Å². The van der Waals surface area contributed by atoms with Crippen LogP contribution in [0, 0.1) is 5.92 Å². The van der Waals surface area contributed by atoms with E-state index in [-0.39, 0.29) is 11.3 Å². The Bertz CT molecular complexity index is 1170. The van der Waals surface area contributed by atoms with Crippen molar-refractivity contribution in [3.63, 3.8) is 0 Å². The number of hydrogen-bond donors (Lipinski definition) is 1. The highest BCUT2D eigenvalue weighted by atomic mass is 16.6. The minimum atomic E-state index is -1.11. The summed E-state index contributed by atoms with van der Waals surface area (Å²) in [7, 11) is 0. The van der Waals surface area contributed by atoms with Crippen molar-refractivity contribution in [2.24, 2.45) is 5.92 Å². The first-order chi connectivity index (χ1) is 14.4. The zero-order valence-electron chi connectivity index (χ0n) is 16.1. The lowest BCUT2D eigenvalue weighted by atomic mass is 9.70. The average Bonchev–Trinajstić information content (AvgIpc) is 3.01. The summed E-state index contributed by atoms with van der Waals surface area (Å²) < 4.78 is 17.5. The second-order valence-corrected chi connectivity index (χ2v) is 7.56. The van der Waals surface area contributed by atoms with Crippen LogP contribution >= 0.6 is 0 Å². The lowest BCUT2D eigenvalue weighted by Crippen LogP contribution is -2.48. The number of rotatable bonds is 2. The fourth-order valence-corrected chi connectivity index (χ4v) is 4.30. The Morgan fingerprint density at radius 2 is 2.00 bits per heavy atom. The Balaban J connectivity index is 1.67. The van der Waals surface area contributed by atoms with E-state index in [0.29, 0.717) is 22.6 Å². The molecule has 6 nitrogen and oxygen atoms in total. The van der Waals surface area contributed by atoms with Crippen molar-refractivity contribution >= 4 is 11.9 Å². The zero-order valence-corrected chi connectivity index (χ0v) is 16.1. The van der Waals surface area contributed by atoms with E-state index in [2.05, 4.69) is 6.58 Å². The van der Waals surface area contributed by atoms with Crippen LogP contribution in [-0.2, 0) is 19.9 Å². The molecule has 3 aliphatic rings. The normalized spacial score (nSPS) is 25.4. The Kier molecular flexibility index (Phi) is 3.86. The Hall–Kier alpha value is -3.80. The third kappa shape index (κ3) is 2.50. The van der Waals surface area contributed by atoms with Crippen molar-refractivity contribution in [1.29, 1.82) is 0 Å². The number of hydrogen-bond acceptors (Lipinski definition) is 6. The Labute approximate surface area is 172 Å². The number of esters is 2. The van der Waals surface area contributed by atoms with E-state index in [9.17, 15) is 14.7 Å². The van der Waals surface area contributed by atoms with Crippen molar-refractivity contribution in [3.05, 3.63) is 95.3 Å². The van der Waals surface area contributed by atoms with E-state index in [4.69, 9.17) is 14.2 Å². The summed E-state index contributed by atoms with van der Waals surface area (Å²) in [4.78, 5) is 24.7. The molecule has 1 aliphatic carbocycles. The third-order valence-electron chi connectivity index (χ3n) is 5.61. The number of benzene rings is 2. The summed E-state index contributed by atoms with van der Waals surface area (Å²) in [6.45, 7) is 5.16. The van der Waals surface area contributed by atoms with Crippen LogP contribution in [0.1, 0.15) is 28.4 Å². The SMILES string of the molecule is C=C(C)C(=O)OC1=CC2Oc3cc(O)ccc3C3(OC(=O)c4ccccc43)C2C=C1. The van der Waals surface area contributed by atoms with Gasteiger partial charge in [0, 0.05) is 22.8 Å². The maximum absolute atomic E-state index is 12.7. The first-order valence-electron chi connectivity index (χ1n) is 9.51. The van der Waals surface area contributed by atoms with E-state index in [1.165, 1.54) is 6.07 Å². The average molecular weight is 402 g/mol. The second-order valence-electron chi connectivity index (χ2n) is 7.56. The van der Waals surface area contributed by atoms with Crippen molar-refractivity contribution in [2.75, 3.05) is 0 Å². The molecule has 5 rings (SSSR count). The van der Waals surface area contributed by atoms with Gasteiger partial charge in [0.2, 0.25) is 0 Å². The topological polar surface area (TPSA) is 82.1 Å². The molecule has 3 unspecified atom stereocenters. The summed E-state index contributed by atoms with van der Waals surface area (Å²) in [5.74, 6) is -0.593. The minimum Gasteiger partial charge on any atom is -0.508 e. The van der Waals surface area contributed by atoms with Crippen LogP contribution in [0.25, 0.3) is 0 Å². The molecule has 1 N–H and O–H groups in total. The van der Waals surface area contributed by atoms with Gasteiger partial charge in [0.1, 0.15) is 23.4 Å². The first kappa shape index (κ1) is 18.2. The summed E-state index contributed by atoms with van der Waals surface area (Å²) in [5.41, 5.74) is 1.05. The van der Waals surface area contributed by atoms with Gasteiger partial charge in [-0.3, -0.25) is 0 Å². The van der Waals surface area contributed by atoms with Crippen molar-refractivity contribution in [2.45, 2.75) is 18.6 Å². The van der Waals surface area contributed by atoms with Crippen molar-refractivity contribution < 1.29 is 28.9 Å². The van der Waals surface area contributed by atoms with Crippen LogP contribution in [0.2, 0.25) is 0 Å². The number of carbonyl (C=O) groups is 2. The van der Waals surface area contributed by atoms with E-state index in [1.54, 1.807) is 43.3 Å². The van der Waals surface area contributed by atoms with Gasteiger partial charge in [0.25, 0.3) is 0 Å². The number of phenolic OH excluding ortho intramolecular Hbond substituents is 1. The van der Waals surface area contributed by atoms with Gasteiger partial charge in [-0.05, 0) is 37.3 Å². The molecule has 150 valence electrons. The number of phenols is 1. The molecule has 0 aromatic heterocycles. The summed E-state index contributed by atoms with van der Waals surface area (Å²) >= 11 is 0. The molecule has 6 heteroatoms. The molecule has 3 atom stereocenters. The molecule has 0 bridgehead atoms. The van der Waals surface area contributed by atoms with Crippen LogP contribution in [0.3, 0.4) is 0 Å². The molecule has 0 radical (unpaired) electrons. The lowest BCUT2D eigenvalue weighted by molar-refractivity contribution is -0.134. The molecule has 0 amide bonds. The molecular formula is C24H18O6. The predicted molar refractivity (Wildman–Crippen MR) is 107 cm³/mol. The van der Waals surface area contributed by atoms with Crippen LogP contribution in [0.4, 0.5) is 0 Å². The standard InChI is InChI=1S/C24H18O6/c1-13(2)22(26)28-15-8-10-19-21(12-15)29-20-11-14(25)7-9-18(20)24(19)17-6-4-3-5-16(17)23(27)30-24/h3-12,19,21,25H,1H2,2H3. The maximum Gasteiger partial charge on any atom is 0.339 e. The zero-order chi connectivity index (χ0) is 21.0. The Morgan fingerprint density at radius 3 is 2.80 bits per heavy atom. The molecule has 2 aromatic carbocycles. The maximum atomic E-state index is 12.7. The van der Waals surface area contributed by atoms with E-state index >= 15 is 0 Å². The first-order valence-corrected chi connectivity index (χ1v) is 9.51. The van der Waals surface area contributed by atoms with Gasteiger partial charge in [0.15, 0.2) is 5.60 Å². The van der Waals surface area contributed by atoms with Gasteiger partial charge in [-0.15, -0.1) is 0 Å². The van der Waals surface area contributed by atoms with Gasteiger partial charge in [-0.2, -0.15) is 0 Å². The summed E-state index contributed by atoms with van der Waals surface area (Å²) in [5, 5.41) is 10.00. The quantitative estimate of drug-likeness (QED) is 0.609. The summed E-state index contributed by atoms with van der Waals surface area (Å²) in [6, 6.07) is 12.0. The van der Waals surface area contributed by atoms with Crippen LogP contribution in [0.15, 0.2) is 78.6 Å². The van der Waals surface area contributed by atoms with Crippen LogP contribution < -0.4 is 4.74 Å². The van der Waals surface area contributed by atoms with Crippen LogP contribution in [0.5, 0.6) is 11.5 Å². The van der Waals surface area contributed by atoms with Gasteiger partial charge >= 0.3 is 11.9 Å². The second kappa shape index (κ2) is 6.35.